The van der Waals surface area contributed by atoms with E-state index < -0.39 is 0 Å². The van der Waals surface area contributed by atoms with Crippen molar-refractivity contribution in [2.75, 3.05) is 5.32 Å². The van der Waals surface area contributed by atoms with Crippen LogP contribution in [0.15, 0.2) is 18.2 Å². The number of nitrogens with one attached hydrogen (secondary N) is 1. The molecule has 1 heterocycles. The van der Waals surface area contributed by atoms with Crippen molar-refractivity contribution in [3.63, 3.8) is 0 Å². The van der Waals surface area contributed by atoms with Crippen LogP contribution in [0.5, 0.6) is 0 Å². The number of amides is 1. The molecule has 0 saturated carbocycles. The van der Waals surface area contributed by atoms with Crippen molar-refractivity contribution in [3.8, 4) is 6.07 Å². The van der Waals surface area contributed by atoms with Crippen LogP contribution in [0.3, 0.4) is 0 Å². The maximum absolute atomic E-state index is 12.7. The highest BCUT2D eigenvalue weighted by atomic mass is 32.1. The molecule has 0 fully saturated rings. The third kappa shape index (κ3) is 3.54. The Morgan fingerprint density at radius 2 is 2.00 bits per heavy atom. The van der Waals surface area contributed by atoms with Crippen molar-refractivity contribution in [1.29, 1.82) is 5.26 Å². The van der Waals surface area contributed by atoms with Crippen LogP contribution < -0.4 is 5.32 Å². The monoisotopic (exact) mass is 366 g/mol. The molecule has 136 valence electrons. The van der Waals surface area contributed by atoms with E-state index >= 15 is 0 Å². The smallest absolute Gasteiger partial charge is 0.256 e. The Kier molecular flexibility index (Phi) is 4.94. The predicted octanol–water partition coefficient (Wildman–Crippen LogP) is 5.64. The van der Waals surface area contributed by atoms with E-state index in [-0.39, 0.29) is 11.3 Å². The standard InChI is InChI=1S/C22H26N2OS/c1-13-6-7-15(10-14(13)2)20(25)24-21-18(12-23)17-9-8-16(22(3,4)5)11-19(17)26-21/h6-7,10,16H,8-9,11H2,1-5H3,(H,24,25). The zero-order valence-corrected chi connectivity index (χ0v) is 17.0. The molecule has 1 N–H and O–H groups in total. The summed E-state index contributed by atoms with van der Waals surface area (Å²) in [7, 11) is 0. The minimum Gasteiger partial charge on any atom is -0.312 e. The molecule has 0 radical (unpaired) electrons. The van der Waals surface area contributed by atoms with Crippen molar-refractivity contribution in [2.24, 2.45) is 11.3 Å². The van der Waals surface area contributed by atoms with Crippen LogP contribution in [0.1, 0.15) is 64.7 Å². The highest BCUT2D eigenvalue weighted by Crippen LogP contribution is 2.44. The van der Waals surface area contributed by atoms with E-state index in [1.54, 1.807) is 11.3 Å². The van der Waals surface area contributed by atoms with E-state index in [9.17, 15) is 10.1 Å². The Balaban J connectivity index is 1.87. The summed E-state index contributed by atoms with van der Waals surface area (Å²) in [6.45, 7) is 10.9. The number of benzene rings is 1. The van der Waals surface area contributed by atoms with Crippen LogP contribution >= 0.6 is 11.3 Å². The molecule has 3 rings (SSSR count). The zero-order valence-electron chi connectivity index (χ0n) is 16.2. The highest BCUT2D eigenvalue weighted by molar-refractivity contribution is 7.16. The van der Waals surface area contributed by atoms with Gasteiger partial charge >= 0.3 is 0 Å². The Bertz CT molecular complexity index is 896. The van der Waals surface area contributed by atoms with Gasteiger partial charge in [0.2, 0.25) is 0 Å². The fourth-order valence-corrected chi connectivity index (χ4v) is 4.86. The van der Waals surface area contributed by atoms with Gasteiger partial charge in [-0.2, -0.15) is 5.26 Å². The molecule has 1 aliphatic carbocycles. The predicted molar refractivity (Wildman–Crippen MR) is 108 cm³/mol. The van der Waals surface area contributed by atoms with E-state index in [1.165, 1.54) is 10.4 Å². The number of thiophene rings is 1. The van der Waals surface area contributed by atoms with Gasteiger partial charge in [-0.25, -0.2) is 0 Å². The topological polar surface area (TPSA) is 52.9 Å². The number of carbonyl (C=O) groups is 1. The molecule has 1 unspecified atom stereocenters. The van der Waals surface area contributed by atoms with Gasteiger partial charge in [-0.1, -0.05) is 26.8 Å². The molecule has 4 heteroatoms. The first-order valence-electron chi connectivity index (χ1n) is 9.14. The maximum atomic E-state index is 12.7. The number of carbonyl (C=O) groups excluding carboxylic acids is 1. The number of fused-ring (bicyclic) bond motifs is 1. The van der Waals surface area contributed by atoms with Crippen molar-refractivity contribution in [1.82, 2.24) is 0 Å². The van der Waals surface area contributed by atoms with Gasteiger partial charge in [0, 0.05) is 10.4 Å². The van der Waals surface area contributed by atoms with Crippen LogP contribution in [0, 0.1) is 36.5 Å². The normalized spacial score (nSPS) is 16.7. The first-order valence-corrected chi connectivity index (χ1v) is 9.95. The summed E-state index contributed by atoms with van der Waals surface area (Å²) in [5, 5.41) is 13.4. The van der Waals surface area contributed by atoms with E-state index in [2.05, 4.69) is 32.2 Å². The number of nitriles is 1. The number of hydrogen-bond donors (Lipinski definition) is 1. The second-order valence-electron chi connectivity index (χ2n) is 8.38. The lowest BCUT2D eigenvalue weighted by molar-refractivity contribution is 0.102. The lowest BCUT2D eigenvalue weighted by Crippen LogP contribution is -2.26. The summed E-state index contributed by atoms with van der Waals surface area (Å²) in [6.07, 6.45) is 3.03. The van der Waals surface area contributed by atoms with Crippen molar-refractivity contribution >= 4 is 22.2 Å². The Morgan fingerprint density at radius 1 is 1.27 bits per heavy atom. The molecular formula is C22H26N2OS. The quantitative estimate of drug-likeness (QED) is 0.748. The molecule has 0 saturated heterocycles. The lowest BCUT2D eigenvalue weighted by Gasteiger charge is -2.33. The Labute approximate surface area is 160 Å². The Hall–Kier alpha value is -2.12. The largest absolute Gasteiger partial charge is 0.312 e. The molecule has 1 amide bonds. The maximum Gasteiger partial charge on any atom is 0.256 e. The third-order valence-corrected chi connectivity index (χ3v) is 6.77. The van der Waals surface area contributed by atoms with E-state index in [4.69, 9.17) is 0 Å². The molecule has 1 atom stereocenters. The summed E-state index contributed by atoms with van der Waals surface area (Å²) in [4.78, 5) is 13.9. The number of anilines is 1. The second-order valence-corrected chi connectivity index (χ2v) is 9.48. The summed E-state index contributed by atoms with van der Waals surface area (Å²) < 4.78 is 0. The van der Waals surface area contributed by atoms with Crippen molar-refractivity contribution in [3.05, 3.63) is 50.9 Å². The Morgan fingerprint density at radius 3 is 2.62 bits per heavy atom. The fraction of sp³-hybridized carbons (Fsp3) is 0.455. The summed E-state index contributed by atoms with van der Waals surface area (Å²) in [5.74, 6) is 0.471. The summed E-state index contributed by atoms with van der Waals surface area (Å²) in [5.41, 5.74) is 4.96. The molecule has 1 aromatic heterocycles. The molecule has 0 spiro atoms. The van der Waals surface area contributed by atoms with E-state index in [0.717, 1.165) is 30.4 Å². The summed E-state index contributed by atoms with van der Waals surface area (Å²) in [6, 6.07) is 8.03. The minimum absolute atomic E-state index is 0.143. The molecule has 26 heavy (non-hydrogen) atoms. The molecule has 0 aliphatic heterocycles. The first-order chi connectivity index (χ1) is 12.2. The molecule has 3 nitrogen and oxygen atoms in total. The molecular weight excluding hydrogens is 340 g/mol. The van der Waals surface area contributed by atoms with Gasteiger partial charge in [0.15, 0.2) is 0 Å². The van der Waals surface area contributed by atoms with E-state index in [0.29, 0.717) is 22.0 Å². The van der Waals surface area contributed by atoms with Gasteiger partial charge in [-0.05, 0) is 73.3 Å². The van der Waals surface area contributed by atoms with Crippen molar-refractivity contribution < 1.29 is 4.79 Å². The number of nitrogens with zero attached hydrogens (tertiary/aromatic N) is 1. The van der Waals surface area contributed by atoms with Gasteiger partial charge in [-0.15, -0.1) is 11.3 Å². The van der Waals surface area contributed by atoms with Crippen molar-refractivity contribution in [2.45, 2.75) is 53.9 Å². The average molecular weight is 367 g/mol. The zero-order chi connectivity index (χ0) is 19.1. The van der Waals surface area contributed by atoms with Gasteiger partial charge in [-0.3, -0.25) is 4.79 Å². The van der Waals surface area contributed by atoms with Crippen LogP contribution in [-0.2, 0) is 12.8 Å². The molecule has 1 aromatic carbocycles. The molecule has 0 bridgehead atoms. The van der Waals surface area contributed by atoms with Gasteiger partial charge in [0.25, 0.3) is 5.91 Å². The van der Waals surface area contributed by atoms with Crippen LogP contribution in [0.2, 0.25) is 0 Å². The minimum atomic E-state index is -0.143. The summed E-state index contributed by atoms with van der Waals surface area (Å²) >= 11 is 1.58. The number of aryl methyl sites for hydroxylation is 2. The number of rotatable bonds is 2. The van der Waals surface area contributed by atoms with Gasteiger partial charge in [0.05, 0.1) is 5.56 Å². The molecule has 2 aromatic rings. The first kappa shape index (κ1) is 18.7. The van der Waals surface area contributed by atoms with Crippen LogP contribution in [0.25, 0.3) is 0 Å². The van der Waals surface area contributed by atoms with Gasteiger partial charge in [0.1, 0.15) is 11.1 Å². The highest BCUT2D eigenvalue weighted by Gasteiger charge is 2.32. The fourth-order valence-electron chi connectivity index (χ4n) is 3.59. The lowest BCUT2D eigenvalue weighted by atomic mass is 9.72. The van der Waals surface area contributed by atoms with E-state index in [1.807, 2.05) is 32.0 Å². The number of hydrogen-bond acceptors (Lipinski definition) is 3. The van der Waals surface area contributed by atoms with Gasteiger partial charge < -0.3 is 5.32 Å². The molecule has 1 aliphatic rings. The second kappa shape index (κ2) is 6.89. The van der Waals surface area contributed by atoms with Crippen LogP contribution in [-0.4, -0.2) is 5.91 Å². The average Bonchev–Trinajstić information content (AvgIpc) is 2.92. The third-order valence-electron chi connectivity index (χ3n) is 5.60. The van der Waals surface area contributed by atoms with Crippen LogP contribution in [0.4, 0.5) is 5.00 Å². The SMILES string of the molecule is Cc1ccc(C(=O)Nc2sc3c(c2C#N)CCC(C(C)(C)C)C3)cc1C.